The van der Waals surface area contributed by atoms with E-state index in [0.29, 0.717) is 13.2 Å². The van der Waals surface area contributed by atoms with Gasteiger partial charge < -0.3 is 19.8 Å². The van der Waals surface area contributed by atoms with E-state index < -0.39 is 5.41 Å². The molecule has 2 aromatic carbocycles. The molecular weight excluding hydrogens is 347 g/mol. The highest BCUT2D eigenvalue weighted by atomic mass is 19.1. The summed E-state index contributed by atoms with van der Waals surface area (Å²) in [5, 5.41) is 3.72. The van der Waals surface area contributed by atoms with Crippen molar-refractivity contribution in [3.05, 3.63) is 60.0 Å². The summed E-state index contributed by atoms with van der Waals surface area (Å²) >= 11 is 0. The molecule has 1 aromatic heterocycles. The van der Waals surface area contributed by atoms with Gasteiger partial charge in [-0.2, -0.15) is 0 Å². The lowest BCUT2D eigenvalue weighted by Crippen LogP contribution is -2.37. The van der Waals surface area contributed by atoms with Crippen molar-refractivity contribution in [1.29, 1.82) is 0 Å². The second-order valence-corrected chi connectivity index (χ2v) is 6.75. The third-order valence-corrected chi connectivity index (χ3v) is 5.06. The van der Waals surface area contributed by atoms with Gasteiger partial charge in [-0.05, 0) is 60.9 Å². The molecule has 27 heavy (non-hydrogen) atoms. The number of ether oxygens (including phenoxy) is 2. The van der Waals surface area contributed by atoms with Gasteiger partial charge in [0, 0.05) is 17.1 Å². The van der Waals surface area contributed by atoms with Crippen LogP contribution in [0.4, 0.5) is 4.39 Å². The highest BCUT2D eigenvalue weighted by molar-refractivity contribution is 5.97. The largest absolute Gasteiger partial charge is 0.497 e. The van der Waals surface area contributed by atoms with Crippen molar-refractivity contribution in [3.63, 3.8) is 0 Å². The Kier molecular flexibility index (Phi) is 4.48. The van der Waals surface area contributed by atoms with Crippen LogP contribution in [0.5, 0.6) is 11.5 Å². The summed E-state index contributed by atoms with van der Waals surface area (Å²) in [5.74, 6) is 1.15. The average molecular weight is 368 g/mol. The molecule has 1 heterocycles. The summed E-state index contributed by atoms with van der Waals surface area (Å²) in [5.41, 5.74) is 1.14. The lowest BCUT2D eigenvalue weighted by Gasteiger charge is -2.15. The molecular formula is C21H21FN2O3. The first-order valence-corrected chi connectivity index (χ1v) is 8.95. The fraction of sp³-hybridized carbons (Fsp3) is 0.286. The molecule has 0 unspecified atom stereocenters. The lowest BCUT2D eigenvalue weighted by molar-refractivity contribution is -0.123. The second-order valence-electron chi connectivity index (χ2n) is 6.75. The van der Waals surface area contributed by atoms with Gasteiger partial charge in [-0.3, -0.25) is 4.79 Å². The van der Waals surface area contributed by atoms with Crippen molar-refractivity contribution in [3.8, 4) is 11.5 Å². The summed E-state index contributed by atoms with van der Waals surface area (Å²) in [4.78, 5) is 15.9. The van der Waals surface area contributed by atoms with E-state index in [0.717, 1.165) is 40.8 Å². The monoisotopic (exact) mass is 368 g/mol. The lowest BCUT2D eigenvalue weighted by atomic mass is 9.94. The molecule has 0 radical (unpaired) electrons. The number of hydrogen-bond donors (Lipinski definition) is 2. The van der Waals surface area contributed by atoms with Crippen molar-refractivity contribution in [2.24, 2.45) is 0 Å². The van der Waals surface area contributed by atoms with Crippen molar-refractivity contribution < 1.29 is 18.7 Å². The molecule has 0 saturated heterocycles. The molecule has 0 aliphatic heterocycles. The van der Waals surface area contributed by atoms with Gasteiger partial charge in [0.25, 0.3) is 0 Å². The van der Waals surface area contributed by atoms with Crippen molar-refractivity contribution in [2.45, 2.75) is 18.3 Å². The molecule has 6 heteroatoms. The Balaban J connectivity index is 1.37. The maximum absolute atomic E-state index is 13.6. The number of nitrogens with one attached hydrogen (secondary N) is 2. The molecule has 1 aliphatic rings. The average Bonchev–Trinajstić information content (AvgIpc) is 3.39. The zero-order chi connectivity index (χ0) is 18.9. The van der Waals surface area contributed by atoms with E-state index in [1.807, 2.05) is 30.5 Å². The number of methoxy groups -OCH3 is 1. The molecule has 1 aliphatic carbocycles. The number of carbonyl (C=O) groups excluding carboxylic acids is 1. The molecule has 5 nitrogen and oxygen atoms in total. The highest BCUT2D eigenvalue weighted by Crippen LogP contribution is 2.50. The highest BCUT2D eigenvalue weighted by Gasteiger charge is 2.52. The van der Waals surface area contributed by atoms with Gasteiger partial charge >= 0.3 is 0 Å². The van der Waals surface area contributed by atoms with Crippen LogP contribution in [0.3, 0.4) is 0 Å². The van der Waals surface area contributed by atoms with E-state index in [1.165, 1.54) is 12.1 Å². The predicted octanol–water partition coefficient (Wildman–Crippen LogP) is 3.54. The van der Waals surface area contributed by atoms with E-state index in [2.05, 4.69) is 10.3 Å². The molecule has 0 atom stereocenters. The van der Waals surface area contributed by atoms with Gasteiger partial charge in [0.15, 0.2) is 0 Å². The van der Waals surface area contributed by atoms with E-state index in [1.54, 1.807) is 13.2 Å². The first kappa shape index (κ1) is 17.4. The first-order chi connectivity index (χ1) is 13.1. The number of hydrogen-bond acceptors (Lipinski definition) is 3. The number of rotatable bonds is 7. The van der Waals surface area contributed by atoms with Gasteiger partial charge in [-0.1, -0.05) is 0 Å². The third-order valence-electron chi connectivity index (χ3n) is 5.06. The summed E-state index contributed by atoms with van der Waals surface area (Å²) in [7, 11) is 1.61. The van der Waals surface area contributed by atoms with Crippen molar-refractivity contribution >= 4 is 16.8 Å². The van der Waals surface area contributed by atoms with Gasteiger partial charge in [0.05, 0.1) is 19.1 Å². The molecule has 140 valence electrons. The fourth-order valence-electron chi connectivity index (χ4n) is 3.41. The molecule has 2 N–H and O–H groups in total. The van der Waals surface area contributed by atoms with Gasteiger partial charge in [0.1, 0.15) is 23.9 Å². The summed E-state index contributed by atoms with van der Waals surface area (Å²) in [6.45, 7) is 0.778. The molecule has 0 spiro atoms. The van der Waals surface area contributed by atoms with Crippen LogP contribution in [0.25, 0.3) is 10.9 Å². The Bertz CT molecular complexity index is 961. The van der Waals surface area contributed by atoms with Gasteiger partial charge in [-0.25, -0.2) is 4.39 Å². The van der Waals surface area contributed by atoms with Crippen LogP contribution in [0.15, 0.2) is 48.7 Å². The zero-order valence-corrected chi connectivity index (χ0v) is 15.0. The van der Waals surface area contributed by atoms with Crippen LogP contribution in [0, 0.1) is 5.82 Å². The molecule has 1 amide bonds. The van der Waals surface area contributed by atoms with Crippen molar-refractivity contribution in [2.75, 3.05) is 20.3 Å². The second kappa shape index (κ2) is 6.95. The van der Waals surface area contributed by atoms with Crippen LogP contribution in [-0.4, -0.2) is 31.2 Å². The summed E-state index contributed by atoms with van der Waals surface area (Å²) in [6, 6.07) is 11.9. The Morgan fingerprint density at radius 3 is 2.63 bits per heavy atom. The third kappa shape index (κ3) is 3.35. The zero-order valence-electron chi connectivity index (χ0n) is 15.0. The minimum Gasteiger partial charge on any atom is -0.497 e. The molecule has 1 saturated carbocycles. The standard InChI is InChI=1S/C21H21FN2O3/c1-26-15-3-5-16(6-4-15)27-11-10-23-20(25)21(8-9-21)18-13-24-19-7-2-14(22)12-17(18)19/h2-7,12-13,24H,8-11H2,1H3,(H,23,25). The summed E-state index contributed by atoms with van der Waals surface area (Å²) < 4.78 is 24.4. The van der Waals surface area contributed by atoms with E-state index in [4.69, 9.17) is 9.47 Å². The fourth-order valence-corrected chi connectivity index (χ4v) is 3.41. The maximum atomic E-state index is 13.6. The Morgan fingerprint density at radius 2 is 1.93 bits per heavy atom. The Labute approximate surface area is 156 Å². The Hall–Kier alpha value is -3.02. The number of fused-ring (bicyclic) bond motifs is 1. The SMILES string of the molecule is COc1ccc(OCCNC(=O)C2(c3c[nH]c4ccc(F)cc34)CC2)cc1. The van der Waals surface area contributed by atoms with Crippen molar-refractivity contribution in [1.82, 2.24) is 10.3 Å². The minimum atomic E-state index is -0.563. The molecule has 1 fully saturated rings. The topological polar surface area (TPSA) is 63.4 Å². The van der Waals surface area contributed by atoms with Crippen LogP contribution >= 0.6 is 0 Å². The van der Waals surface area contributed by atoms with Crippen LogP contribution in [0.1, 0.15) is 18.4 Å². The van der Waals surface area contributed by atoms with E-state index in [9.17, 15) is 9.18 Å². The number of aromatic nitrogens is 1. The van der Waals surface area contributed by atoms with Gasteiger partial charge in [-0.15, -0.1) is 0 Å². The van der Waals surface area contributed by atoms with E-state index in [-0.39, 0.29) is 11.7 Å². The van der Waals surface area contributed by atoms with Crippen LogP contribution < -0.4 is 14.8 Å². The maximum Gasteiger partial charge on any atom is 0.230 e. The Morgan fingerprint density at radius 1 is 1.19 bits per heavy atom. The number of H-pyrrole nitrogens is 1. The quantitative estimate of drug-likeness (QED) is 0.627. The molecule has 4 rings (SSSR count). The molecule has 3 aromatic rings. The molecule has 0 bridgehead atoms. The van der Waals surface area contributed by atoms with Crippen LogP contribution in [0.2, 0.25) is 0 Å². The number of aromatic amines is 1. The van der Waals surface area contributed by atoms with Crippen LogP contribution in [-0.2, 0) is 10.2 Å². The summed E-state index contributed by atoms with van der Waals surface area (Å²) in [6.07, 6.45) is 3.35. The smallest absolute Gasteiger partial charge is 0.230 e. The normalized spacial score (nSPS) is 14.7. The minimum absolute atomic E-state index is 0.0361. The first-order valence-electron chi connectivity index (χ1n) is 8.95. The van der Waals surface area contributed by atoms with Gasteiger partial charge in [0.2, 0.25) is 5.91 Å². The van der Waals surface area contributed by atoms with E-state index >= 15 is 0 Å². The number of carbonyl (C=O) groups is 1. The number of amides is 1. The number of benzene rings is 2. The number of halogens is 1. The predicted molar refractivity (Wildman–Crippen MR) is 101 cm³/mol.